The van der Waals surface area contributed by atoms with Gasteiger partial charge in [-0.1, -0.05) is 13.8 Å². The van der Waals surface area contributed by atoms with E-state index in [9.17, 15) is 14.3 Å². The van der Waals surface area contributed by atoms with Crippen LogP contribution in [0.3, 0.4) is 0 Å². The first-order valence-electron chi connectivity index (χ1n) is 5.51. The molecule has 0 saturated heterocycles. The zero-order chi connectivity index (χ0) is 12.6. The zero-order valence-electron chi connectivity index (χ0n) is 9.77. The highest BCUT2D eigenvalue weighted by atomic mass is 19.1. The Morgan fingerprint density at radius 3 is 2.88 bits per heavy atom. The molecule has 2 atom stereocenters. The summed E-state index contributed by atoms with van der Waals surface area (Å²) in [5, 5.41) is 12.3. The van der Waals surface area contributed by atoms with E-state index in [0.29, 0.717) is 6.42 Å². The summed E-state index contributed by atoms with van der Waals surface area (Å²) in [6.07, 6.45) is 2.47. The third kappa shape index (κ3) is 2.02. The summed E-state index contributed by atoms with van der Waals surface area (Å²) in [6, 6.07) is 1.21. The molecule has 5 heteroatoms. The lowest BCUT2D eigenvalue weighted by Gasteiger charge is -2.49. The molecular weight excluding hydrogens is 223 g/mol. The van der Waals surface area contributed by atoms with Crippen molar-refractivity contribution in [3.63, 3.8) is 0 Å². The van der Waals surface area contributed by atoms with E-state index in [4.69, 9.17) is 0 Å². The molecule has 1 fully saturated rings. The van der Waals surface area contributed by atoms with Gasteiger partial charge in [0.1, 0.15) is 0 Å². The molecule has 1 amide bonds. The van der Waals surface area contributed by atoms with Crippen LogP contribution in [0.5, 0.6) is 0 Å². The molecule has 2 unspecified atom stereocenters. The average molecular weight is 238 g/mol. The highest BCUT2D eigenvalue weighted by Crippen LogP contribution is 2.40. The molecule has 1 aliphatic carbocycles. The number of carbonyl (C=O) groups is 1. The first-order valence-corrected chi connectivity index (χ1v) is 5.51. The van der Waals surface area contributed by atoms with E-state index < -0.39 is 17.8 Å². The number of halogens is 1. The van der Waals surface area contributed by atoms with Crippen LogP contribution in [-0.2, 0) is 0 Å². The maximum Gasteiger partial charge on any atom is 0.254 e. The molecule has 2 N–H and O–H groups in total. The molecule has 0 bridgehead atoms. The Hall–Kier alpha value is -1.49. The monoisotopic (exact) mass is 238 g/mol. The summed E-state index contributed by atoms with van der Waals surface area (Å²) in [6.45, 7) is 3.74. The second kappa shape index (κ2) is 4.07. The molecule has 0 radical (unpaired) electrons. The summed E-state index contributed by atoms with van der Waals surface area (Å²) < 4.78 is 13.3. The van der Waals surface area contributed by atoms with Crippen molar-refractivity contribution in [1.82, 2.24) is 10.3 Å². The molecule has 0 aromatic carbocycles. The van der Waals surface area contributed by atoms with Crippen LogP contribution in [0.1, 0.15) is 30.6 Å². The quantitative estimate of drug-likeness (QED) is 0.811. The number of nitrogens with one attached hydrogen (secondary N) is 1. The highest BCUT2D eigenvalue weighted by molar-refractivity contribution is 5.94. The predicted octanol–water partition coefficient (Wildman–Crippen LogP) is 1.11. The molecule has 0 spiro atoms. The zero-order valence-corrected chi connectivity index (χ0v) is 9.77. The molecule has 1 aromatic rings. The van der Waals surface area contributed by atoms with Crippen molar-refractivity contribution in [1.29, 1.82) is 0 Å². The van der Waals surface area contributed by atoms with E-state index in [1.807, 2.05) is 13.8 Å². The topological polar surface area (TPSA) is 62.2 Å². The number of hydrogen-bond acceptors (Lipinski definition) is 3. The van der Waals surface area contributed by atoms with Crippen LogP contribution in [0, 0.1) is 11.2 Å². The number of rotatable bonds is 2. The van der Waals surface area contributed by atoms with Gasteiger partial charge >= 0.3 is 0 Å². The molecule has 1 heterocycles. The lowest BCUT2D eigenvalue weighted by Crippen LogP contribution is -2.61. The highest BCUT2D eigenvalue weighted by Gasteiger charge is 2.48. The van der Waals surface area contributed by atoms with Gasteiger partial charge in [-0.25, -0.2) is 4.39 Å². The molecule has 1 aromatic heterocycles. The summed E-state index contributed by atoms with van der Waals surface area (Å²) in [5.74, 6) is -1.10. The fourth-order valence-electron chi connectivity index (χ4n) is 1.94. The molecule has 1 aliphatic rings. The maximum absolute atomic E-state index is 13.3. The van der Waals surface area contributed by atoms with Crippen molar-refractivity contribution in [2.45, 2.75) is 32.4 Å². The number of aromatic nitrogens is 1. The van der Waals surface area contributed by atoms with Crippen molar-refractivity contribution in [3.8, 4) is 0 Å². The van der Waals surface area contributed by atoms with Crippen molar-refractivity contribution >= 4 is 5.91 Å². The van der Waals surface area contributed by atoms with Crippen molar-refractivity contribution in [3.05, 3.63) is 29.8 Å². The summed E-state index contributed by atoms with van der Waals surface area (Å²) in [7, 11) is 0. The van der Waals surface area contributed by atoms with Gasteiger partial charge in [0.15, 0.2) is 5.82 Å². The number of carbonyl (C=O) groups excluding carboxylic acids is 1. The number of aliphatic hydroxyl groups is 1. The number of pyridine rings is 1. The number of hydrogen-bond donors (Lipinski definition) is 2. The normalized spacial score (nSPS) is 26.1. The average Bonchev–Trinajstić information content (AvgIpc) is 2.29. The van der Waals surface area contributed by atoms with Gasteiger partial charge in [0.25, 0.3) is 5.91 Å². The predicted molar refractivity (Wildman–Crippen MR) is 59.9 cm³/mol. The van der Waals surface area contributed by atoms with Crippen molar-refractivity contribution in [2.75, 3.05) is 0 Å². The van der Waals surface area contributed by atoms with Gasteiger partial charge in [-0.05, 0) is 12.5 Å². The van der Waals surface area contributed by atoms with Gasteiger partial charge in [-0.2, -0.15) is 0 Å². The van der Waals surface area contributed by atoms with E-state index in [1.165, 1.54) is 12.3 Å². The fraction of sp³-hybridized carbons (Fsp3) is 0.500. The Labute approximate surface area is 98.9 Å². The summed E-state index contributed by atoms with van der Waals surface area (Å²) >= 11 is 0. The minimum Gasteiger partial charge on any atom is -0.392 e. The standard InChI is InChI=1S/C12H15FN2O2/c1-12(2)9(5-10(12)16)15-11(17)7-3-4-14-6-8(7)13/h3-4,6,9-10,16H,5H2,1-2H3,(H,15,17). The van der Waals surface area contributed by atoms with Crippen LogP contribution in [-0.4, -0.2) is 28.1 Å². The lowest BCUT2D eigenvalue weighted by atomic mass is 9.64. The van der Waals surface area contributed by atoms with Gasteiger partial charge in [-0.15, -0.1) is 0 Å². The third-order valence-corrected chi connectivity index (χ3v) is 3.54. The van der Waals surface area contributed by atoms with Gasteiger partial charge < -0.3 is 10.4 Å². The molecule has 92 valence electrons. The van der Waals surface area contributed by atoms with Crippen LogP contribution in [0.25, 0.3) is 0 Å². The van der Waals surface area contributed by atoms with Crippen molar-refractivity contribution in [2.24, 2.45) is 5.41 Å². The first kappa shape index (κ1) is 12.0. The number of aliphatic hydroxyl groups excluding tert-OH is 1. The molecule has 4 nitrogen and oxygen atoms in total. The van der Waals surface area contributed by atoms with Crippen molar-refractivity contribution < 1.29 is 14.3 Å². The largest absolute Gasteiger partial charge is 0.392 e. The van der Waals surface area contributed by atoms with Crippen LogP contribution in [0.15, 0.2) is 18.5 Å². The molecule has 17 heavy (non-hydrogen) atoms. The maximum atomic E-state index is 13.3. The Balaban J connectivity index is 2.07. The minimum atomic E-state index is -0.636. The van der Waals surface area contributed by atoms with Crippen LogP contribution in [0.4, 0.5) is 4.39 Å². The Kier molecular flexibility index (Phi) is 2.87. The van der Waals surface area contributed by atoms with Crippen LogP contribution >= 0.6 is 0 Å². The second-order valence-electron chi connectivity index (χ2n) is 4.95. The molecule has 2 rings (SSSR count). The van der Waals surface area contributed by atoms with Gasteiger partial charge in [0, 0.05) is 17.7 Å². The Morgan fingerprint density at radius 1 is 1.65 bits per heavy atom. The second-order valence-corrected chi connectivity index (χ2v) is 4.95. The van der Waals surface area contributed by atoms with Gasteiger partial charge in [0.2, 0.25) is 0 Å². The van der Waals surface area contributed by atoms with E-state index in [2.05, 4.69) is 10.3 Å². The van der Waals surface area contributed by atoms with Crippen LogP contribution in [0.2, 0.25) is 0 Å². The van der Waals surface area contributed by atoms with Crippen LogP contribution < -0.4 is 5.32 Å². The van der Waals surface area contributed by atoms with E-state index >= 15 is 0 Å². The van der Waals surface area contributed by atoms with E-state index in [0.717, 1.165) is 6.20 Å². The minimum absolute atomic E-state index is 0.0165. The molecule has 0 aliphatic heterocycles. The summed E-state index contributed by atoms with van der Waals surface area (Å²) in [5.41, 5.74) is -0.378. The van der Waals surface area contributed by atoms with E-state index in [-0.39, 0.29) is 17.0 Å². The molecular formula is C12H15FN2O2. The summed E-state index contributed by atoms with van der Waals surface area (Å²) in [4.78, 5) is 15.4. The molecule has 1 saturated carbocycles. The van der Waals surface area contributed by atoms with Gasteiger partial charge in [-0.3, -0.25) is 9.78 Å². The third-order valence-electron chi connectivity index (χ3n) is 3.54. The lowest BCUT2D eigenvalue weighted by molar-refractivity contribution is -0.0689. The smallest absolute Gasteiger partial charge is 0.254 e. The fourth-order valence-corrected chi connectivity index (χ4v) is 1.94. The Bertz CT molecular complexity index is 448. The SMILES string of the molecule is CC1(C)C(O)CC1NC(=O)c1ccncc1F. The first-order chi connectivity index (χ1) is 7.93. The number of amides is 1. The Morgan fingerprint density at radius 2 is 2.35 bits per heavy atom. The van der Waals surface area contributed by atoms with Gasteiger partial charge in [0.05, 0.1) is 17.9 Å². The van der Waals surface area contributed by atoms with E-state index in [1.54, 1.807) is 0 Å². The number of nitrogens with zero attached hydrogens (tertiary/aromatic N) is 1.